The van der Waals surface area contributed by atoms with Crippen molar-refractivity contribution in [2.45, 2.75) is 191 Å². The van der Waals surface area contributed by atoms with Crippen molar-refractivity contribution >= 4 is 86.7 Å². The first-order valence-corrected chi connectivity index (χ1v) is 28.6. The molecule has 1 saturated carbocycles. The molecule has 0 radical (unpaired) electrons. The fraction of sp³-hybridized carbons (Fsp3) is 0.655. The van der Waals surface area contributed by atoms with Crippen molar-refractivity contribution in [1.82, 2.24) is 40.7 Å². The molecule has 3 aliphatic heterocycles. The van der Waals surface area contributed by atoms with Crippen molar-refractivity contribution in [2.24, 2.45) is 23.2 Å². The van der Waals surface area contributed by atoms with E-state index in [1.165, 1.54) is 23.1 Å². The van der Waals surface area contributed by atoms with Crippen molar-refractivity contribution in [3.8, 4) is 0 Å². The maximum atomic E-state index is 13.7. The van der Waals surface area contributed by atoms with E-state index in [4.69, 9.17) is 9.47 Å². The summed E-state index contributed by atoms with van der Waals surface area (Å²) < 4.78 is 11.3. The third-order valence-electron chi connectivity index (χ3n) is 15.9. The molecule has 1 aromatic carbocycles. The first kappa shape index (κ1) is 59.2. The molecule has 1 aliphatic carbocycles. The number of unbranched alkanes of at least 4 members (excludes halogenated alkanes) is 4. The van der Waals surface area contributed by atoms with E-state index in [2.05, 4.69) is 84.9 Å². The Morgan fingerprint density at radius 3 is 2.39 bits per heavy atom. The van der Waals surface area contributed by atoms with E-state index in [-0.39, 0.29) is 43.8 Å². The Kier molecular flexibility index (Phi) is 19.6. The Morgan fingerprint density at radius 2 is 1.69 bits per heavy atom. The zero-order chi connectivity index (χ0) is 55.9. The summed E-state index contributed by atoms with van der Waals surface area (Å²) in [5.74, 6) is -2.44. The number of ether oxygens (including phenoxy) is 2. The summed E-state index contributed by atoms with van der Waals surface area (Å²) in [5, 5.41) is 36.6. The highest BCUT2D eigenvalue weighted by Crippen LogP contribution is 2.74. The van der Waals surface area contributed by atoms with E-state index in [9.17, 15) is 43.8 Å². The predicted octanol–water partition coefficient (Wildman–Crippen LogP) is 5.61. The van der Waals surface area contributed by atoms with Gasteiger partial charge in [0.2, 0.25) is 35.4 Å². The molecule has 21 nitrogen and oxygen atoms in total. The molecule has 3 aromatic rings. The van der Waals surface area contributed by atoms with Crippen LogP contribution in [0.25, 0.3) is 11.0 Å². The Morgan fingerprint density at radius 1 is 0.961 bits per heavy atom. The molecule has 12 atom stereocenters. The monoisotopic (exact) mass is 1180 g/mol. The topological polar surface area (TPSA) is 287 Å². The number of aromatic nitrogens is 3. The van der Waals surface area contributed by atoms with Gasteiger partial charge in [0.1, 0.15) is 48.8 Å². The highest BCUT2D eigenvalue weighted by atomic mass is 127. The summed E-state index contributed by atoms with van der Waals surface area (Å²) in [6, 6.07) is 4.64. The number of benzene rings is 1. The maximum absolute atomic E-state index is 13.7. The second kappa shape index (κ2) is 25.6. The van der Waals surface area contributed by atoms with Gasteiger partial charge in [-0.25, -0.2) is 14.8 Å². The van der Waals surface area contributed by atoms with Gasteiger partial charge in [-0.3, -0.25) is 38.6 Å². The van der Waals surface area contributed by atoms with E-state index >= 15 is 0 Å². The maximum Gasteiger partial charge on any atom is 0.410 e. The Balaban J connectivity index is 0.835. The number of fused-ring (bicyclic) bond motifs is 2. The number of anilines is 2. The van der Waals surface area contributed by atoms with Crippen LogP contribution in [0.2, 0.25) is 0 Å². The highest BCUT2D eigenvalue weighted by molar-refractivity contribution is 14.1. The van der Waals surface area contributed by atoms with Crippen LogP contribution >= 0.6 is 22.6 Å². The van der Waals surface area contributed by atoms with Crippen molar-refractivity contribution in [2.75, 3.05) is 23.7 Å². The van der Waals surface area contributed by atoms with Crippen molar-refractivity contribution in [3.63, 3.8) is 0 Å². The zero-order valence-corrected chi connectivity index (χ0v) is 47.8. The molecule has 0 bridgehead atoms. The number of aliphatic hydroxyl groups is 2. The summed E-state index contributed by atoms with van der Waals surface area (Å²) in [6.07, 6.45) is 5.61. The number of piperidine rings is 1. The molecule has 4 aliphatic rings. The van der Waals surface area contributed by atoms with Crippen LogP contribution in [-0.4, -0.2) is 142 Å². The van der Waals surface area contributed by atoms with Crippen LogP contribution in [0.5, 0.6) is 0 Å². The highest BCUT2D eigenvalue weighted by Gasteiger charge is 2.84. The number of aromatic amines is 1. The lowest BCUT2D eigenvalue weighted by atomic mass is 9.94. The quantitative estimate of drug-likeness (QED) is 0.0222. The number of nitrogens with one attached hydrogen (secondary N) is 6. The number of carbonyl (C=O) groups excluding carboxylic acids is 7. The number of likely N-dealkylation sites (tertiary alicyclic amines) is 2. The number of H-pyrrole nitrogens is 1. The van der Waals surface area contributed by atoms with Gasteiger partial charge in [0.15, 0.2) is 12.0 Å². The SMILES string of the molecule is CCCCCCC12C(=O)N(CCC(=O)N[C@H](C(=O)N[C@@H](C)C(=O)Nc3ccc(COC(=O)N4CCC[C@@H]4C(=O)N[C@@H]4[C@@H](O)[C@H](O)[C@@H](Nc5ncnc6cc(CC(C)CCCC)[nH]c56)O[C@H]4C)cc3)C(C)C)C(=O)C1C2(C)I. The molecule has 77 heavy (non-hydrogen) atoms. The second-order valence-corrected chi connectivity index (χ2v) is 24.3. The smallest absolute Gasteiger partial charge is 0.410 e. The lowest BCUT2D eigenvalue weighted by Crippen LogP contribution is -2.65. The third-order valence-corrected chi connectivity index (χ3v) is 17.5. The van der Waals surface area contributed by atoms with E-state index in [1.807, 2.05) is 13.0 Å². The molecule has 7 amide bonds. The molecule has 2 aromatic heterocycles. The normalized spacial score (nSPS) is 27.0. The lowest BCUT2D eigenvalue weighted by molar-refractivity contribution is -0.173. The van der Waals surface area contributed by atoms with Crippen LogP contribution in [0.1, 0.15) is 137 Å². The summed E-state index contributed by atoms with van der Waals surface area (Å²) in [7, 11) is 0. The molecule has 3 saturated heterocycles. The Bertz CT molecular complexity index is 2610. The van der Waals surface area contributed by atoms with Crippen LogP contribution in [0.3, 0.4) is 0 Å². The summed E-state index contributed by atoms with van der Waals surface area (Å²) in [4.78, 5) is 109. The molecule has 0 spiro atoms. The van der Waals surface area contributed by atoms with Crippen LogP contribution in [0.4, 0.5) is 16.3 Å². The number of amides is 7. The zero-order valence-electron chi connectivity index (χ0n) is 45.7. The number of hydrogen-bond donors (Lipinski definition) is 8. The van der Waals surface area contributed by atoms with E-state index < -0.39 is 93.2 Å². The van der Waals surface area contributed by atoms with Gasteiger partial charge in [0.05, 0.1) is 29.0 Å². The number of aliphatic hydroxyl groups excluding tert-OH is 2. The molecule has 8 N–H and O–H groups in total. The molecule has 4 unspecified atom stereocenters. The molecule has 5 heterocycles. The molecular formula is C55H79IN10O11. The van der Waals surface area contributed by atoms with Crippen molar-refractivity contribution in [3.05, 3.63) is 47.9 Å². The van der Waals surface area contributed by atoms with Gasteiger partial charge in [-0.15, -0.1) is 0 Å². The summed E-state index contributed by atoms with van der Waals surface area (Å²) in [6.45, 7) is 15.2. The number of hydrogen-bond acceptors (Lipinski definition) is 14. The van der Waals surface area contributed by atoms with Gasteiger partial charge in [0, 0.05) is 34.3 Å². The largest absolute Gasteiger partial charge is 0.445 e. The molecule has 7 rings (SSSR count). The lowest BCUT2D eigenvalue weighted by Gasteiger charge is -2.42. The number of rotatable bonds is 25. The Labute approximate surface area is 464 Å². The molecule has 4 fully saturated rings. The molecule has 422 valence electrons. The van der Waals surface area contributed by atoms with Gasteiger partial charge >= 0.3 is 6.09 Å². The van der Waals surface area contributed by atoms with Crippen molar-refractivity contribution < 1.29 is 53.2 Å². The minimum Gasteiger partial charge on any atom is -0.445 e. The van der Waals surface area contributed by atoms with Gasteiger partial charge in [0.25, 0.3) is 0 Å². The standard InChI is InChI=1S/C55H79IN10O11/c1-9-11-13-14-23-55-45(54(55,8)56)51(73)66(52(55)74)25-22-39(67)62-40(30(3)4)49(72)59-32(6)47(70)61-35-20-18-34(19-21-35)28-76-53(75)65-24-15-17-38(65)48(71)63-41-33(7)77-50(44(69)43(41)68)64-46-42-37(57-29-58-46)27-36(60-42)26-31(5)16-12-10-2/h18-21,27,29-33,38,40-41,43-45,50,60,68-69H,9-17,22-26,28H2,1-8H3,(H,59,72)(H,61,70)(H,62,67)(H,63,71)(H,57,58,64)/t31?,32-,33-,38+,40-,41-,43+,44-,45?,50-,54?,55?/m0/s1. The van der Waals surface area contributed by atoms with Gasteiger partial charge < -0.3 is 51.3 Å². The van der Waals surface area contributed by atoms with Crippen LogP contribution in [-0.2, 0) is 51.3 Å². The van der Waals surface area contributed by atoms with Gasteiger partial charge in [-0.1, -0.05) is 114 Å². The summed E-state index contributed by atoms with van der Waals surface area (Å²) in [5.41, 5.74) is 2.65. The number of halogens is 1. The minimum absolute atomic E-state index is 0.0748. The number of alkyl halides is 1. The van der Waals surface area contributed by atoms with Gasteiger partial charge in [-0.2, -0.15) is 0 Å². The molecular weight excluding hydrogens is 1100 g/mol. The van der Waals surface area contributed by atoms with E-state index in [0.29, 0.717) is 53.3 Å². The fourth-order valence-electron chi connectivity index (χ4n) is 11.3. The average Bonchev–Trinajstić information content (AvgIpc) is 4.12. The van der Waals surface area contributed by atoms with Crippen LogP contribution in [0.15, 0.2) is 36.7 Å². The van der Waals surface area contributed by atoms with Gasteiger partial charge in [-0.05, 0) is 82.1 Å². The first-order valence-electron chi connectivity index (χ1n) is 27.5. The fourth-order valence-corrected chi connectivity index (χ4v) is 12.7. The number of nitrogens with zero attached hydrogens (tertiary/aromatic N) is 4. The average molecular weight is 1180 g/mol. The van der Waals surface area contributed by atoms with E-state index in [1.54, 1.807) is 45.0 Å². The first-order chi connectivity index (χ1) is 36.6. The predicted molar refractivity (Wildman–Crippen MR) is 296 cm³/mol. The minimum atomic E-state index is -1.46. The summed E-state index contributed by atoms with van der Waals surface area (Å²) >= 11 is 2.24. The van der Waals surface area contributed by atoms with Crippen molar-refractivity contribution in [1.29, 1.82) is 0 Å². The Hall–Kier alpha value is -5.46. The molecule has 22 heteroatoms. The third kappa shape index (κ3) is 13.2. The number of imide groups is 1. The van der Waals surface area contributed by atoms with Crippen LogP contribution < -0.4 is 26.6 Å². The van der Waals surface area contributed by atoms with Crippen LogP contribution in [0, 0.1) is 23.2 Å². The number of carbonyl (C=O) groups is 7. The van der Waals surface area contributed by atoms with E-state index in [0.717, 1.165) is 57.1 Å². The second-order valence-electron chi connectivity index (χ2n) is 22.1.